The molecule has 0 spiro atoms. The maximum Gasteiger partial charge on any atom is 0.266 e. The molecule has 0 fully saturated rings. The van der Waals surface area contributed by atoms with Gasteiger partial charge in [-0.3, -0.25) is 4.79 Å². The van der Waals surface area contributed by atoms with Crippen molar-refractivity contribution >= 4 is 33.6 Å². The highest BCUT2D eigenvalue weighted by Crippen LogP contribution is 2.32. The molecule has 0 aromatic heterocycles. The number of rotatable bonds is 7. The largest absolute Gasteiger partial charge is 0.496 e. The Bertz CT molecular complexity index is 1200. The zero-order chi connectivity index (χ0) is 23.1. The molecule has 0 aliphatic carbocycles. The van der Waals surface area contributed by atoms with E-state index in [4.69, 9.17) is 4.74 Å². The lowest BCUT2D eigenvalue weighted by Crippen LogP contribution is -2.13. The zero-order valence-corrected chi connectivity index (χ0v) is 19.4. The van der Waals surface area contributed by atoms with E-state index in [1.165, 1.54) is 19.3 Å². The second-order valence-corrected chi connectivity index (χ2v) is 7.98. The molecule has 32 heavy (non-hydrogen) atoms. The third-order valence-electron chi connectivity index (χ3n) is 5.02. The molecule has 1 N–H and O–H groups in total. The maximum absolute atomic E-state index is 14.1. The van der Waals surface area contributed by atoms with Gasteiger partial charge in [0.15, 0.2) is 0 Å². The highest BCUT2D eigenvalue weighted by atomic mass is 79.9. The summed E-state index contributed by atoms with van der Waals surface area (Å²) < 4.78 is 20.3. The molecule has 3 aromatic rings. The highest BCUT2D eigenvalue weighted by molar-refractivity contribution is 9.10. The lowest BCUT2D eigenvalue weighted by Gasteiger charge is -2.13. The normalized spacial score (nSPS) is 11.0. The van der Waals surface area contributed by atoms with Gasteiger partial charge >= 0.3 is 0 Å². The monoisotopic (exact) mass is 492 g/mol. The fourth-order valence-corrected chi connectivity index (χ4v) is 3.84. The van der Waals surface area contributed by atoms with Crippen molar-refractivity contribution in [3.05, 3.63) is 98.8 Å². The third-order valence-corrected chi connectivity index (χ3v) is 5.73. The van der Waals surface area contributed by atoms with E-state index >= 15 is 0 Å². The molecule has 0 atom stereocenters. The lowest BCUT2D eigenvalue weighted by atomic mass is 10.0. The summed E-state index contributed by atoms with van der Waals surface area (Å²) in [4.78, 5) is 12.6. The van der Waals surface area contributed by atoms with Gasteiger partial charge in [0.25, 0.3) is 5.91 Å². The smallest absolute Gasteiger partial charge is 0.266 e. The van der Waals surface area contributed by atoms with E-state index in [0.717, 1.165) is 17.5 Å². The molecule has 0 bridgehead atoms. The Kier molecular flexibility index (Phi) is 7.80. The van der Waals surface area contributed by atoms with Crippen LogP contribution < -0.4 is 10.1 Å². The molecule has 6 heteroatoms. The molecule has 0 saturated heterocycles. The summed E-state index contributed by atoms with van der Waals surface area (Å²) in [5.41, 5.74) is 3.66. The summed E-state index contributed by atoms with van der Waals surface area (Å²) in [7, 11) is 1.53. The van der Waals surface area contributed by atoms with Crippen molar-refractivity contribution in [2.75, 3.05) is 12.4 Å². The average Bonchev–Trinajstić information content (AvgIpc) is 2.80. The lowest BCUT2D eigenvalue weighted by molar-refractivity contribution is -0.112. The molecule has 162 valence electrons. The Morgan fingerprint density at radius 3 is 2.53 bits per heavy atom. The molecule has 0 aliphatic heterocycles. The van der Waals surface area contributed by atoms with Gasteiger partial charge in [0.05, 0.1) is 7.11 Å². The molecule has 3 rings (SSSR count). The standard InChI is InChI=1S/C26H22BrFN2O2/c1-3-17-8-10-21(11-9-17)30-26(31)20(16-29)12-18-13-23(27)22(25(14-18)32-2)15-19-6-4-5-7-24(19)28/h4-14H,3,15H2,1-2H3,(H,30,31)/b20-12+. The van der Waals surface area contributed by atoms with Crippen molar-refractivity contribution in [3.63, 3.8) is 0 Å². The number of methoxy groups -OCH3 is 1. The first-order valence-electron chi connectivity index (χ1n) is 10.1. The number of carbonyl (C=O) groups excluding carboxylic acids is 1. The van der Waals surface area contributed by atoms with Gasteiger partial charge in [0.2, 0.25) is 0 Å². The number of hydrogen-bond acceptors (Lipinski definition) is 3. The number of benzene rings is 3. The van der Waals surface area contributed by atoms with Crippen molar-refractivity contribution in [2.45, 2.75) is 19.8 Å². The van der Waals surface area contributed by atoms with Crippen molar-refractivity contribution in [2.24, 2.45) is 0 Å². The van der Waals surface area contributed by atoms with Gasteiger partial charge in [-0.05, 0) is 59.5 Å². The molecule has 0 heterocycles. The van der Waals surface area contributed by atoms with E-state index < -0.39 is 5.91 Å². The number of nitrogens with zero attached hydrogens (tertiary/aromatic N) is 1. The van der Waals surface area contributed by atoms with Gasteiger partial charge in [-0.2, -0.15) is 5.26 Å². The molecule has 0 unspecified atom stereocenters. The van der Waals surface area contributed by atoms with Crippen LogP contribution in [0.1, 0.15) is 29.2 Å². The predicted octanol–water partition coefficient (Wildman–Crippen LogP) is 6.30. The predicted molar refractivity (Wildman–Crippen MR) is 128 cm³/mol. The Balaban J connectivity index is 1.87. The fraction of sp³-hybridized carbons (Fsp3) is 0.154. The summed E-state index contributed by atoms with van der Waals surface area (Å²) in [6.45, 7) is 2.05. The van der Waals surface area contributed by atoms with Gasteiger partial charge in [0, 0.05) is 22.1 Å². The van der Waals surface area contributed by atoms with Crippen molar-refractivity contribution < 1.29 is 13.9 Å². The molecule has 4 nitrogen and oxygen atoms in total. The van der Waals surface area contributed by atoms with Crippen LogP contribution in [0.15, 0.2) is 70.7 Å². The zero-order valence-electron chi connectivity index (χ0n) is 17.8. The van der Waals surface area contributed by atoms with Gasteiger partial charge < -0.3 is 10.1 Å². The number of carbonyl (C=O) groups is 1. The van der Waals surface area contributed by atoms with Crippen LogP contribution in [0.25, 0.3) is 6.08 Å². The van der Waals surface area contributed by atoms with E-state index in [9.17, 15) is 14.4 Å². The Labute approximate surface area is 195 Å². The number of hydrogen-bond donors (Lipinski definition) is 1. The number of ether oxygens (including phenoxy) is 1. The SMILES string of the molecule is CCc1ccc(NC(=O)/C(C#N)=C/c2cc(Br)c(Cc3ccccc3F)c(OC)c2)cc1. The van der Waals surface area contributed by atoms with Gasteiger partial charge in [0.1, 0.15) is 23.2 Å². The first-order valence-corrected chi connectivity index (χ1v) is 10.9. The topological polar surface area (TPSA) is 62.1 Å². The average molecular weight is 493 g/mol. The minimum atomic E-state index is -0.498. The first kappa shape index (κ1) is 23.2. The number of amides is 1. The van der Waals surface area contributed by atoms with Crippen LogP contribution in [0.5, 0.6) is 5.75 Å². The van der Waals surface area contributed by atoms with E-state index in [0.29, 0.717) is 33.5 Å². The fourth-order valence-electron chi connectivity index (χ4n) is 3.24. The molecule has 0 aliphatic rings. The first-order chi connectivity index (χ1) is 15.4. The van der Waals surface area contributed by atoms with Crippen LogP contribution in [0.3, 0.4) is 0 Å². The van der Waals surface area contributed by atoms with Gasteiger partial charge in [-0.15, -0.1) is 0 Å². The number of aryl methyl sites for hydroxylation is 1. The second kappa shape index (κ2) is 10.7. The van der Waals surface area contributed by atoms with Gasteiger partial charge in [-0.25, -0.2) is 4.39 Å². The van der Waals surface area contributed by atoms with Crippen LogP contribution >= 0.6 is 15.9 Å². The summed E-state index contributed by atoms with van der Waals surface area (Å²) in [6.07, 6.45) is 2.73. The maximum atomic E-state index is 14.1. The summed E-state index contributed by atoms with van der Waals surface area (Å²) in [5, 5.41) is 12.3. The molecule has 0 saturated carbocycles. The second-order valence-electron chi connectivity index (χ2n) is 7.13. The number of nitrogens with one attached hydrogen (secondary N) is 1. The van der Waals surface area contributed by atoms with Crippen molar-refractivity contribution in [1.29, 1.82) is 5.26 Å². The molecule has 3 aromatic carbocycles. The van der Waals surface area contributed by atoms with Crippen molar-refractivity contribution in [1.82, 2.24) is 0 Å². The Morgan fingerprint density at radius 1 is 1.19 bits per heavy atom. The third kappa shape index (κ3) is 5.63. The number of halogens is 2. The summed E-state index contributed by atoms with van der Waals surface area (Å²) >= 11 is 3.52. The van der Waals surface area contributed by atoms with E-state index in [1.807, 2.05) is 30.3 Å². The number of nitriles is 1. The van der Waals surface area contributed by atoms with E-state index in [2.05, 4.69) is 28.2 Å². The highest BCUT2D eigenvalue weighted by Gasteiger charge is 2.15. The number of anilines is 1. The molecular formula is C26H22BrFN2O2. The van der Waals surface area contributed by atoms with Crippen molar-refractivity contribution in [3.8, 4) is 11.8 Å². The van der Waals surface area contributed by atoms with Crippen LogP contribution in [0, 0.1) is 17.1 Å². The van der Waals surface area contributed by atoms with Crippen LogP contribution in [-0.4, -0.2) is 13.0 Å². The van der Waals surface area contributed by atoms with E-state index in [-0.39, 0.29) is 11.4 Å². The minimum Gasteiger partial charge on any atom is -0.496 e. The Morgan fingerprint density at radius 2 is 1.91 bits per heavy atom. The van der Waals surface area contributed by atoms with E-state index in [1.54, 1.807) is 30.3 Å². The summed E-state index contributed by atoms with van der Waals surface area (Å²) in [5.74, 6) is -0.259. The molecule has 0 radical (unpaired) electrons. The van der Waals surface area contributed by atoms with Crippen LogP contribution in [0.4, 0.5) is 10.1 Å². The summed E-state index contributed by atoms with van der Waals surface area (Å²) in [6, 6.07) is 19.5. The minimum absolute atomic E-state index is 0.0413. The molecule has 1 amide bonds. The Hall–Kier alpha value is -3.43. The quantitative estimate of drug-likeness (QED) is 0.311. The van der Waals surface area contributed by atoms with Crippen LogP contribution in [-0.2, 0) is 17.6 Å². The van der Waals surface area contributed by atoms with Crippen LogP contribution in [0.2, 0.25) is 0 Å². The van der Waals surface area contributed by atoms with Gasteiger partial charge in [-0.1, -0.05) is 53.2 Å². The molecular weight excluding hydrogens is 471 g/mol.